The maximum atomic E-state index is 14.0. The third-order valence-corrected chi connectivity index (χ3v) is 5.68. The number of benzene rings is 2. The van der Waals surface area contributed by atoms with Gasteiger partial charge in [0.1, 0.15) is 29.7 Å². The molecule has 1 fully saturated rings. The topological polar surface area (TPSA) is 84.7 Å². The van der Waals surface area contributed by atoms with E-state index in [1.807, 2.05) is 0 Å². The quantitative estimate of drug-likeness (QED) is 0.445. The molecule has 0 spiro atoms. The Kier molecular flexibility index (Phi) is 7.74. The van der Waals surface area contributed by atoms with Gasteiger partial charge in [0.05, 0.1) is 6.42 Å². The van der Waals surface area contributed by atoms with Crippen LogP contribution in [0.1, 0.15) is 52.8 Å². The SMILES string of the molecule is O=C(Cc1ccc(OC(F)(F)F)cc1)NC(c1cc(F)cc(F)c1)c1nc(C(=O)N2CCCCC2)co1. The van der Waals surface area contributed by atoms with Crippen molar-refractivity contribution in [2.75, 3.05) is 13.1 Å². The monoisotopic (exact) mass is 523 g/mol. The summed E-state index contributed by atoms with van der Waals surface area (Å²) < 4.78 is 74.2. The second kappa shape index (κ2) is 11.0. The zero-order chi connectivity index (χ0) is 26.6. The van der Waals surface area contributed by atoms with Gasteiger partial charge in [0.2, 0.25) is 11.8 Å². The first-order valence-corrected chi connectivity index (χ1v) is 11.4. The molecule has 1 unspecified atom stereocenters. The minimum atomic E-state index is -4.85. The summed E-state index contributed by atoms with van der Waals surface area (Å²) in [4.78, 5) is 31.4. The summed E-state index contributed by atoms with van der Waals surface area (Å²) in [5.41, 5.74) is 0.330. The number of amides is 2. The zero-order valence-electron chi connectivity index (χ0n) is 19.4. The standard InChI is InChI=1S/C25H22F5N3O4/c26-17-11-16(12-18(27)13-17)22(23-31-20(14-36-23)24(35)33-8-2-1-3-9-33)32-21(34)10-15-4-6-19(7-5-15)37-25(28,29)30/h4-7,11-14,22H,1-3,8-10H2,(H,32,34). The van der Waals surface area contributed by atoms with Crippen LogP contribution >= 0.6 is 0 Å². The van der Waals surface area contributed by atoms with Crippen LogP contribution in [0.25, 0.3) is 0 Å². The van der Waals surface area contributed by atoms with E-state index in [1.54, 1.807) is 4.90 Å². The van der Waals surface area contributed by atoms with E-state index in [1.165, 1.54) is 12.1 Å². The Balaban J connectivity index is 1.53. The van der Waals surface area contributed by atoms with Gasteiger partial charge in [-0.05, 0) is 54.7 Å². The minimum absolute atomic E-state index is 0.00622. The van der Waals surface area contributed by atoms with Crippen LogP contribution in [-0.4, -0.2) is 41.2 Å². The van der Waals surface area contributed by atoms with Crippen molar-refractivity contribution >= 4 is 11.8 Å². The van der Waals surface area contributed by atoms with Gasteiger partial charge in [-0.15, -0.1) is 13.2 Å². The van der Waals surface area contributed by atoms with E-state index in [0.29, 0.717) is 24.7 Å². The Morgan fingerprint density at radius 1 is 1.03 bits per heavy atom. The number of likely N-dealkylation sites (tertiary alicyclic amines) is 1. The van der Waals surface area contributed by atoms with Crippen LogP contribution in [0.15, 0.2) is 53.1 Å². The molecule has 0 aliphatic carbocycles. The van der Waals surface area contributed by atoms with Crippen LogP contribution < -0.4 is 10.1 Å². The molecule has 12 heteroatoms. The maximum Gasteiger partial charge on any atom is 0.573 e. The lowest BCUT2D eigenvalue weighted by Crippen LogP contribution is -2.36. The van der Waals surface area contributed by atoms with Crippen LogP contribution in [0.5, 0.6) is 5.75 Å². The summed E-state index contributed by atoms with van der Waals surface area (Å²) >= 11 is 0. The molecule has 1 saturated heterocycles. The summed E-state index contributed by atoms with van der Waals surface area (Å²) in [6.45, 7) is 1.15. The average Bonchev–Trinajstić information content (AvgIpc) is 3.32. The Labute approximate surface area is 208 Å². The van der Waals surface area contributed by atoms with Gasteiger partial charge < -0.3 is 19.4 Å². The molecule has 196 valence electrons. The molecule has 1 atom stereocenters. The van der Waals surface area contributed by atoms with E-state index < -0.39 is 35.7 Å². The fourth-order valence-electron chi connectivity index (χ4n) is 4.01. The van der Waals surface area contributed by atoms with E-state index >= 15 is 0 Å². The van der Waals surface area contributed by atoms with Crippen molar-refractivity contribution in [2.24, 2.45) is 0 Å². The lowest BCUT2D eigenvalue weighted by Gasteiger charge is -2.25. The molecule has 2 aromatic carbocycles. The van der Waals surface area contributed by atoms with Gasteiger partial charge in [-0.25, -0.2) is 13.8 Å². The number of carbonyl (C=O) groups is 2. The molecular weight excluding hydrogens is 501 g/mol. The first-order valence-electron chi connectivity index (χ1n) is 11.4. The van der Waals surface area contributed by atoms with Crippen LogP contribution in [0.4, 0.5) is 22.0 Å². The van der Waals surface area contributed by atoms with Crippen LogP contribution in [0.2, 0.25) is 0 Å². The van der Waals surface area contributed by atoms with Crippen molar-refractivity contribution in [3.63, 3.8) is 0 Å². The van der Waals surface area contributed by atoms with Crippen molar-refractivity contribution in [2.45, 2.75) is 38.1 Å². The summed E-state index contributed by atoms with van der Waals surface area (Å²) in [6.07, 6.45) is -1.26. The summed E-state index contributed by atoms with van der Waals surface area (Å²) in [6, 6.07) is 6.07. The van der Waals surface area contributed by atoms with Crippen molar-refractivity contribution in [3.8, 4) is 5.75 Å². The number of aromatic nitrogens is 1. The third-order valence-electron chi connectivity index (χ3n) is 5.68. The Morgan fingerprint density at radius 2 is 1.68 bits per heavy atom. The second-order valence-electron chi connectivity index (χ2n) is 8.50. The number of ether oxygens (including phenoxy) is 1. The molecule has 1 aliphatic rings. The Bertz CT molecular complexity index is 1230. The largest absolute Gasteiger partial charge is 0.573 e. The maximum absolute atomic E-state index is 14.0. The highest BCUT2D eigenvalue weighted by Gasteiger charge is 2.31. The number of rotatable bonds is 7. The molecule has 0 bridgehead atoms. The zero-order valence-corrected chi connectivity index (χ0v) is 19.4. The van der Waals surface area contributed by atoms with E-state index in [9.17, 15) is 31.5 Å². The number of hydrogen-bond acceptors (Lipinski definition) is 5. The van der Waals surface area contributed by atoms with E-state index in [0.717, 1.165) is 49.8 Å². The molecule has 7 nitrogen and oxygen atoms in total. The summed E-state index contributed by atoms with van der Waals surface area (Å²) in [5, 5.41) is 2.57. The highest BCUT2D eigenvalue weighted by Crippen LogP contribution is 2.26. The first kappa shape index (κ1) is 26.1. The Hall–Kier alpha value is -3.96. The molecular formula is C25H22F5N3O4. The number of oxazole rings is 1. The van der Waals surface area contributed by atoms with E-state index in [-0.39, 0.29) is 29.5 Å². The van der Waals surface area contributed by atoms with Crippen LogP contribution in [0, 0.1) is 11.6 Å². The highest BCUT2D eigenvalue weighted by molar-refractivity contribution is 5.92. The predicted octanol–water partition coefficient (Wildman–Crippen LogP) is 4.93. The number of hydrogen-bond donors (Lipinski definition) is 1. The lowest BCUT2D eigenvalue weighted by molar-refractivity contribution is -0.274. The fourth-order valence-corrected chi connectivity index (χ4v) is 4.01. The number of nitrogens with zero attached hydrogens (tertiary/aromatic N) is 2. The molecule has 1 N–H and O–H groups in total. The smallest absolute Gasteiger partial charge is 0.445 e. The van der Waals surface area contributed by atoms with Gasteiger partial charge in [-0.1, -0.05) is 12.1 Å². The molecule has 0 radical (unpaired) electrons. The van der Waals surface area contributed by atoms with E-state index in [2.05, 4.69) is 15.0 Å². The fraction of sp³-hybridized carbons (Fsp3) is 0.320. The van der Waals surface area contributed by atoms with Gasteiger partial charge >= 0.3 is 6.36 Å². The van der Waals surface area contributed by atoms with Gasteiger partial charge in [0.15, 0.2) is 5.69 Å². The average molecular weight is 523 g/mol. The summed E-state index contributed by atoms with van der Waals surface area (Å²) in [7, 11) is 0. The summed E-state index contributed by atoms with van der Waals surface area (Å²) in [5.74, 6) is -3.40. The molecule has 2 heterocycles. The first-order chi connectivity index (χ1) is 17.6. The van der Waals surface area contributed by atoms with E-state index in [4.69, 9.17) is 4.42 Å². The van der Waals surface area contributed by atoms with Gasteiger partial charge in [-0.3, -0.25) is 9.59 Å². The number of carbonyl (C=O) groups excluding carboxylic acids is 2. The highest BCUT2D eigenvalue weighted by atomic mass is 19.4. The number of nitrogens with one attached hydrogen (secondary N) is 1. The second-order valence-corrected chi connectivity index (χ2v) is 8.50. The van der Waals surface area contributed by atoms with Crippen molar-refractivity contribution in [3.05, 3.63) is 83.1 Å². The molecule has 1 aromatic heterocycles. The van der Waals surface area contributed by atoms with Gasteiger partial charge in [-0.2, -0.15) is 0 Å². The normalized spacial score (nSPS) is 14.8. The van der Waals surface area contributed by atoms with Gasteiger partial charge in [0, 0.05) is 19.2 Å². The molecule has 1 aliphatic heterocycles. The van der Waals surface area contributed by atoms with Crippen molar-refractivity contribution in [1.29, 1.82) is 0 Å². The molecule has 0 saturated carbocycles. The molecule has 37 heavy (non-hydrogen) atoms. The predicted molar refractivity (Wildman–Crippen MR) is 119 cm³/mol. The van der Waals surface area contributed by atoms with Crippen molar-refractivity contribution < 1.29 is 40.7 Å². The Morgan fingerprint density at radius 3 is 2.30 bits per heavy atom. The molecule has 2 amide bonds. The van der Waals surface area contributed by atoms with Crippen LogP contribution in [-0.2, 0) is 11.2 Å². The van der Waals surface area contributed by atoms with Crippen molar-refractivity contribution in [1.82, 2.24) is 15.2 Å². The molecule has 4 rings (SSSR count). The molecule has 3 aromatic rings. The van der Waals surface area contributed by atoms with Crippen LogP contribution in [0.3, 0.4) is 0 Å². The number of alkyl halides is 3. The lowest BCUT2D eigenvalue weighted by atomic mass is 10.1. The number of piperidine rings is 1. The minimum Gasteiger partial charge on any atom is -0.445 e. The number of halogens is 5. The third kappa shape index (κ3) is 7.05. The van der Waals surface area contributed by atoms with Gasteiger partial charge in [0.25, 0.3) is 5.91 Å².